The fourth-order valence-corrected chi connectivity index (χ4v) is 7.15. The molecule has 8 heteroatoms. The molecule has 0 radical (unpaired) electrons. The average Bonchev–Trinajstić information content (AvgIpc) is 3.77. The molecular weight excluding hydrogens is 631 g/mol. The van der Waals surface area contributed by atoms with Gasteiger partial charge in [-0.15, -0.1) is 0 Å². The van der Waals surface area contributed by atoms with Crippen molar-refractivity contribution in [2.45, 2.75) is 11.6 Å². The molecule has 0 aliphatic heterocycles. The molecule has 0 saturated carbocycles. The summed E-state index contributed by atoms with van der Waals surface area (Å²) < 4.78 is 2.24. The van der Waals surface area contributed by atoms with Crippen LogP contribution in [0.3, 0.4) is 0 Å². The van der Waals surface area contributed by atoms with E-state index < -0.39 is 5.54 Å². The van der Waals surface area contributed by atoms with Gasteiger partial charge in [-0.1, -0.05) is 121 Å². The number of hydrogen-bond donors (Lipinski definition) is 2. The molecule has 8 rings (SSSR count). The van der Waals surface area contributed by atoms with Gasteiger partial charge in [0.15, 0.2) is 0 Å². The van der Waals surface area contributed by atoms with Crippen LogP contribution in [0.1, 0.15) is 38.9 Å². The van der Waals surface area contributed by atoms with Crippen molar-refractivity contribution in [1.82, 2.24) is 34.9 Å². The van der Waals surface area contributed by atoms with Crippen molar-refractivity contribution in [3.05, 3.63) is 186 Å². The molecular formula is C43H37N7O. The van der Waals surface area contributed by atoms with E-state index in [4.69, 9.17) is 9.97 Å². The molecule has 2 N–H and O–H groups in total. The third-order valence-electron chi connectivity index (χ3n) is 9.42. The Morgan fingerprint density at radius 1 is 0.725 bits per heavy atom. The maximum absolute atomic E-state index is 13.8. The van der Waals surface area contributed by atoms with E-state index >= 15 is 0 Å². The first-order valence-electron chi connectivity index (χ1n) is 17.0. The molecule has 51 heavy (non-hydrogen) atoms. The van der Waals surface area contributed by atoms with Crippen LogP contribution in [-0.2, 0) is 5.54 Å². The number of H-pyrrole nitrogens is 1. The predicted molar refractivity (Wildman–Crippen MR) is 202 cm³/mol. The van der Waals surface area contributed by atoms with Crippen molar-refractivity contribution in [2.75, 3.05) is 20.6 Å². The minimum Gasteiger partial charge on any atom is -0.341 e. The smallest absolute Gasteiger partial charge is 0.289 e. The third-order valence-corrected chi connectivity index (χ3v) is 9.42. The van der Waals surface area contributed by atoms with Crippen LogP contribution in [0.2, 0.25) is 0 Å². The second-order valence-electron chi connectivity index (χ2n) is 13.0. The Balaban J connectivity index is 1.36. The van der Waals surface area contributed by atoms with E-state index in [2.05, 4.69) is 97.8 Å². The summed E-state index contributed by atoms with van der Waals surface area (Å²) in [5.74, 6) is -0.179. The number of carbonyl (C=O) groups excluding carboxylic acids is 1. The lowest BCUT2D eigenvalue weighted by Gasteiger charge is -2.37. The van der Waals surface area contributed by atoms with Crippen molar-refractivity contribution in [2.24, 2.45) is 0 Å². The average molecular weight is 668 g/mol. The monoisotopic (exact) mass is 667 g/mol. The summed E-state index contributed by atoms with van der Waals surface area (Å²) in [7, 11) is 3.99. The standard InChI is InChI=1S/C43H37N7O/c1-49(2)29-38(30-15-7-3-8-16-30)47-42(51)41-45-36-27-35-39(28-37(36)46-41)50(48-40(35)31-23-25-44-26-24-31)43(32-17-9-4-10-18-32,33-19-11-5-12-20-33)34-21-13-6-14-22-34/h3-28,38,48H,29H2,1-2H3,(H,47,51)/t38-/m1/s1. The Morgan fingerprint density at radius 2 is 1.24 bits per heavy atom. The lowest BCUT2D eigenvalue weighted by molar-refractivity contribution is 0.0920. The number of likely N-dealkylation sites (N-methyl/N-ethyl adjacent to an activating group) is 1. The molecule has 0 aliphatic rings. The van der Waals surface area contributed by atoms with E-state index in [1.165, 1.54) is 0 Å². The zero-order chi connectivity index (χ0) is 34.8. The molecule has 3 aromatic heterocycles. The highest BCUT2D eigenvalue weighted by Crippen LogP contribution is 2.44. The van der Waals surface area contributed by atoms with Crippen molar-refractivity contribution in [3.63, 3.8) is 0 Å². The molecule has 3 heterocycles. The van der Waals surface area contributed by atoms with E-state index in [1.54, 1.807) is 12.4 Å². The van der Waals surface area contributed by atoms with Crippen LogP contribution in [0.5, 0.6) is 0 Å². The number of aromatic amines is 1. The van der Waals surface area contributed by atoms with Gasteiger partial charge in [-0.05, 0) is 60.6 Å². The lowest BCUT2D eigenvalue weighted by Crippen LogP contribution is -2.38. The van der Waals surface area contributed by atoms with Crippen molar-refractivity contribution in [3.8, 4) is 11.3 Å². The normalized spacial score (nSPS) is 12.4. The largest absolute Gasteiger partial charge is 0.341 e. The number of imidazole rings is 1. The van der Waals surface area contributed by atoms with Crippen LogP contribution in [-0.4, -0.2) is 56.2 Å². The summed E-state index contributed by atoms with van der Waals surface area (Å²) in [6, 6.07) is 49.5. The van der Waals surface area contributed by atoms with Crippen molar-refractivity contribution in [1.29, 1.82) is 0 Å². The fourth-order valence-electron chi connectivity index (χ4n) is 7.15. The molecule has 5 aromatic carbocycles. The van der Waals surface area contributed by atoms with E-state index in [0.717, 1.165) is 44.4 Å². The lowest BCUT2D eigenvalue weighted by atomic mass is 9.77. The van der Waals surface area contributed by atoms with Gasteiger partial charge in [0, 0.05) is 29.9 Å². The van der Waals surface area contributed by atoms with Crippen LogP contribution >= 0.6 is 0 Å². The Bertz CT molecular complexity index is 2310. The number of carbonyl (C=O) groups is 1. The zero-order valence-electron chi connectivity index (χ0n) is 28.4. The number of nitrogens with zero attached hydrogens (tertiary/aromatic N) is 5. The van der Waals surface area contributed by atoms with Gasteiger partial charge < -0.3 is 10.2 Å². The Morgan fingerprint density at radius 3 is 1.76 bits per heavy atom. The van der Waals surface area contributed by atoms with Gasteiger partial charge in [-0.25, -0.2) is 9.97 Å². The minimum absolute atomic E-state index is 0.138. The maximum atomic E-state index is 13.8. The highest BCUT2D eigenvalue weighted by Gasteiger charge is 2.40. The molecule has 8 nitrogen and oxygen atoms in total. The summed E-state index contributed by atoms with van der Waals surface area (Å²) >= 11 is 0. The molecule has 250 valence electrons. The third kappa shape index (κ3) is 5.85. The van der Waals surface area contributed by atoms with Gasteiger partial charge in [0.1, 0.15) is 5.54 Å². The predicted octanol–water partition coefficient (Wildman–Crippen LogP) is 7.85. The molecule has 1 amide bonds. The first kappa shape index (κ1) is 31.9. The number of benzene rings is 5. The maximum Gasteiger partial charge on any atom is 0.289 e. The quantitative estimate of drug-likeness (QED) is 0.145. The summed E-state index contributed by atoms with van der Waals surface area (Å²) in [5, 5.41) is 7.99. The second-order valence-corrected chi connectivity index (χ2v) is 13.0. The second kappa shape index (κ2) is 13.5. The summed E-state index contributed by atoms with van der Waals surface area (Å²) in [6.07, 6.45) is 3.59. The molecule has 0 fully saturated rings. The fraction of sp³-hybridized carbons (Fsp3) is 0.116. The summed E-state index contributed by atoms with van der Waals surface area (Å²) in [5.41, 5.74) is 7.52. The molecule has 0 spiro atoms. The van der Waals surface area contributed by atoms with Crippen LogP contribution in [0.25, 0.3) is 33.2 Å². The van der Waals surface area contributed by atoms with Gasteiger partial charge in [0.2, 0.25) is 5.82 Å². The number of hydrogen-bond acceptors (Lipinski definition) is 5. The van der Waals surface area contributed by atoms with Crippen LogP contribution in [0.4, 0.5) is 0 Å². The van der Waals surface area contributed by atoms with Gasteiger partial charge in [-0.3, -0.25) is 19.6 Å². The Kier molecular flexibility index (Phi) is 8.43. The van der Waals surface area contributed by atoms with E-state index in [9.17, 15) is 4.79 Å². The van der Waals surface area contributed by atoms with Gasteiger partial charge in [-0.2, -0.15) is 0 Å². The zero-order valence-corrected chi connectivity index (χ0v) is 28.4. The summed E-state index contributed by atoms with van der Waals surface area (Å²) in [4.78, 5) is 29.8. The Hall–Kier alpha value is -6.38. The SMILES string of the molecule is CN(C)C[C@@H](NC(=O)c1nc2cc3c(-c4ccncc4)[nH]n(C(c4ccccc4)(c4ccccc4)c4ccccc4)c3cc2n1)c1ccccc1. The Labute approximate surface area is 296 Å². The number of aromatic nitrogens is 5. The van der Waals surface area contributed by atoms with Gasteiger partial charge >= 0.3 is 0 Å². The van der Waals surface area contributed by atoms with Crippen molar-refractivity contribution >= 4 is 27.8 Å². The van der Waals surface area contributed by atoms with E-state index in [-0.39, 0.29) is 17.8 Å². The number of rotatable bonds is 10. The highest BCUT2D eigenvalue weighted by atomic mass is 16.2. The number of nitrogens with one attached hydrogen (secondary N) is 2. The molecule has 8 aromatic rings. The summed E-state index contributed by atoms with van der Waals surface area (Å²) in [6.45, 7) is 0.635. The number of pyridine rings is 1. The van der Waals surface area contributed by atoms with Gasteiger partial charge in [0.25, 0.3) is 5.91 Å². The van der Waals surface area contributed by atoms with Gasteiger partial charge in [0.05, 0.1) is 28.3 Å². The minimum atomic E-state index is -0.809. The molecule has 0 bridgehead atoms. The topological polar surface area (TPSA) is 91.7 Å². The van der Waals surface area contributed by atoms with E-state index in [0.29, 0.717) is 17.6 Å². The van der Waals surface area contributed by atoms with Crippen LogP contribution < -0.4 is 5.32 Å². The highest BCUT2D eigenvalue weighted by molar-refractivity contribution is 6.03. The molecule has 0 aliphatic carbocycles. The number of amides is 1. The molecule has 0 unspecified atom stereocenters. The van der Waals surface area contributed by atoms with Crippen LogP contribution in [0.15, 0.2) is 158 Å². The molecule has 0 saturated heterocycles. The van der Waals surface area contributed by atoms with Crippen LogP contribution in [0, 0.1) is 0 Å². The van der Waals surface area contributed by atoms with Crippen molar-refractivity contribution < 1.29 is 4.79 Å². The number of fused-ring (bicyclic) bond motifs is 2. The van der Waals surface area contributed by atoms with E-state index in [1.807, 2.05) is 86.9 Å². The first-order valence-corrected chi connectivity index (χ1v) is 17.0. The molecule has 1 atom stereocenters. The first-order chi connectivity index (χ1) is 25.0.